The average molecular weight is 287 g/mol. The molecule has 17 heavy (non-hydrogen) atoms. The molecule has 0 saturated heterocycles. The van der Waals surface area contributed by atoms with Crippen LogP contribution in [-0.2, 0) is 0 Å². The highest BCUT2D eigenvalue weighted by Gasteiger charge is 2.11. The second-order valence-corrected chi connectivity index (χ2v) is 4.55. The molecule has 0 heterocycles. The van der Waals surface area contributed by atoms with E-state index in [-0.39, 0.29) is 5.02 Å². The summed E-state index contributed by atoms with van der Waals surface area (Å²) in [6.07, 6.45) is 0. The molecule has 0 spiro atoms. The highest BCUT2D eigenvalue weighted by Crippen LogP contribution is 2.39. The van der Waals surface area contributed by atoms with Crippen LogP contribution in [0.3, 0.4) is 0 Å². The Kier molecular flexibility index (Phi) is 3.82. The zero-order valence-electron chi connectivity index (χ0n) is 8.71. The van der Waals surface area contributed by atoms with Gasteiger partial charge in [0.15, 0.2) is 0 Å². The minimum absolute atomic E-state index is 0.285. The Hall–Kier alpha value is -0.890. The number of ether oxygens (including phenoxy) is 1. The smallest absolute Gasteiger partial charge is 0.147 e. The Morgan fingerprint density at radius 3 is 2.24 bits per heavy atom. The van der Waals surface area contributed by atoms with Crippen molar-refractivity contribution in [3.05, 3.63) is 64.0 Å². The molecule has 2 rings (SSSR count). The zero-order chi connectivity index (χ0) is 12.4. The van der Waals surface area contributed by atoms with Crippen molar-refractivity contribution in [2.45, 2.75) is 0 Å². The van der Waals surface area contributed by atoms with Crippen LogP contribution in [-0.4, -0.2) is 0 Å². The number of hydrogen-bond acceptors (Lipinski definition) is 1. The van der Waals surface area contributed by atoms with Crippen LogP contribution in [0.25, 0.3) is 0 Å². The van der Waals surface area contributed by atoms with Crippen LogP contribution < -0.4 is 4.74 Å². The maximum absolute atomic E-state index is 6.04. The molecule has 87 valence electrons. The van der Waals surface area contributed by atoms with Gasteiger partial charge in [0.05, 0.1) is 10.0 Å². The molecule has 0 N–H and O–H groups in total. The molecule has 1 radical (unpaired) electrons. The van der Waals surface area contributed by atoms with E-state index in [9.17, 15) is 0 Å². The van der Waals surface area contributed by atoms with Crippen molar-refractivity contribution in [2.24, 2.45) is 0 Å². The highest BCUT2D eigenvalue weighted by atomic mass is 35.5. The summed E-state index contributed by atoms with van der Waals surface area (Å²) in [7, 11) is 0. The van der Waals surface area contributed by atoms with E-state index in [1.165, 1.54) is 0 Å². The fourth-order valence-electron chi connectivity index (χ4n) is 1.31. The second-order valence-electron chi connectivity index (χ2n) is 3.38. The number of para-hydroxylation sites is 1. The minimum atomic E-state index is 0.285. The molecule has 0 aliphatic heterocycles. The van der Waals surface area contributed by atoms with Crippen LogP contribution in [0.1, 0.15) is 5.56 Å². The number of rotatable bonds is 2. The molecule has 0 saturated carbocycles. The lowest BCUT2D eigenvalue weighted by Crippen LogP contribution is -1.88. The summed E-state index contributed by atoms with van der Waals surface area (Å²) >= 11 is 17.8. The van der Waals surface area contributed by atoms with Gasteiger partial charge in [0.1, 0.15) is 16.5 Å². The maximum atomic E-state index is 6.04. The minimum Gasteiger partial charge on any atom is -0.455 e. The lowest BCUT2D eigenvalue weighted by atomic mass is 10.2. The first-order valence-corrected chi connectivity index (χ1v) is 5.95. The predicted octanol–water partition coefficient (Wildman–Crippen LogP) is 5.62. The Labute approximate surface area is 115 Å². The Morgan fingerprint density at radius 2 is 1.53 bits per heavy atom. The SMILES string of the molecule is [CH2]c1ccccc1Oc1ccc(Cl)c(Cl)c1Cl. The van der Waals surface area contributed by atoms with Gasteiger partial charge in [0.25, 0.3) is 0 Å². The van der Waals surface area contributed by atoms with E-state index < -0.39 is 0 Å². The zero-order valence-corrected chi connectivity index (χ0v) is 11.0. The summed E-state index contributed by atoms with van der Waals surface area (Å²) in [5, 5.41) is 0.974. The van der Waals surface area contributed by atoms with Gasteiger partial charge >= 0.3 is 0 Å². The first-order valence-electron chi connectivity index (χ1n) is 4.82. The first kappa shape index (κ1) is 12.6. The largest absolute Gasteiger partial charge is 0.455 e. The maximum Gasteiger partial charge on any atom is 0.147 e. The standard InChI is InChI=1S/C13H8Cl3O/c1-8-4-2-3-5-10(8)17-11-7-6-9(14)12(15)13(11)16/h2-7H,1H2. The second kappa shape index (κ2) is 5.18. The average Bonchev–Trinajstić information content (AvgIpc) is 2.32. The molecule has 0 aliphatic rings. The van der Waals surface area contributed by atoms with Crippen molar-refractivity contribution in [1.29, 1.82) is 0 Å². The van der Waals surface area contributed by atoms with Crippen molar-refractivity contribution in [3.63, 3.8) is 0 Å². The monoisotopic (exact) mass is 285 g/mol. The number of benzene rings is 2. The molecule has 0 fully saturated rings. The summed E-state index contributed by atoms with van der Waals surface area (Å²) in [5.41, 5.74) is 0.773. The van der Waals surface area contributed by atoms with Crippen molar-refractivity contribution >= 4 is 34.8 Å². The first-order chi connectivity index (χ1) is 8.09. The van der Waals surface area contributed by atoms with Gasteiger partial charge in [-0.15, -0.1) is 0 Å². The highest BCUT2D eigenvalue weighted by molar-refractivity contribution is 6.48. The normalized spacial score (nSPS) is 10.4. The molecular weight excluding hydrogens is 279 g/mol. The molecule has 0 aliphatic carbocycles. The molecule has 0 aromatic heterocycles. The molecule has 2 aromatic rings. The lowest BCUT2D eigenvalue weighted by Gasteiger charge is -2.11. The summed E-state index contributed by atoms with van der Waals surface area (Å²) in [6.45, 7) is 3.86. The van der Waals surface area contributed by atoms with Gasteiger partial charge in [-0.3, -0.25) is 0 Å². The van der Waals surface area contributed by atoms with E-state index in [1.807, 2.05) is 18.2 Å². The Balaban J connectivity index is 2.38. The van der Waals surface area contributed by atoms with Crippen molar-refractivity contribution in [1.82, 2.24) is 0 Å². The number of hydrogen-bond donors (Lipinski definition) is 0. The summed E-state index contributed by atoms with van der Waals surface area (Å²) in [5.74, 6) is 1.09. The van der Waals surface area contributed by atoms with Crippen molar-refractivity contribution < 1.29 is 4.74 Å². The van der Waals surface area contributed by atoms with Crippen molar-refractivity contribution in [3.8, 4) is 11.5 Å². The van der Waals surface area contributed by atoms with Gasteiger partial charge in [-0.05, 0) is 30.7 Å². The predicted molar refractivity (Wildman–Crippen MR) is 72.4 cm³/mol. The van der Waals surface area contributed by atoms with Crippen LogP contribution in [0.5, 0.6) is 11.5 Å². The molecule has 0 unspecified atom stereocenters. The van der Waals surface area contributed by atoms with E-state index in [1.54, 1.807) is 18.2 Å². The molecule has 4 heteroatoms. The lowest BCUT2D eigenvalue weighted by molar-refractivity contribution is 0.481. The number of halogens is 3. The van der Waals surface area contributed by atoms with Crippen LogP contribution in [0.15, 0.2) is 36.4 Å². The van der Waals surface area contributed by atoms with E-state index in [0.717, 1.165) is 5.56 Å². The summed E-state index contributed by atoms with van der Waals surface area (Å²) < 4.78 is 5.64. The molecule has 0 bridgehead atoms. The van der Waals surface area contributed by atoms with E-state index in [2.05, 4.69) is 6.92 Å². The topological polar surface area (TPSA) is 9.23 Å². The quantitative estimate of drug-likeness (QED) is 0.651. The van der Waals surface area contributed by atoms with Crippen LogP contribution in [0.2, 0.25) is 15.1 Å². The third-order valence-corrected chi connectivity index (χ3v) is 3.47. The fourth-order valence-corrected chi connectivity index (χ4v) is 1.87. The molecule has 0 amide bonds. The van der Waals surface area contributed by atoms with Gasteiger partial charge in [-0.25, -0.2) is 0 Å². The van der Waals surface area contributed by atoms with Gasteiger partial charge < -0.3 is 4.74 Å². The molecular formula is C13H8Cl3O. The van der Waals surface area contributed by atoms with E-state index in [0.29, 0.717) is 21.5 Å². The molecule has 2 aromatic carbocycles. The van der Waals surface area contributed by atoms with Crippen LogP contribution >= 0.6 is 34.8 Å². The summed E-state index contributed by atoms with van der Waals surface area (Å²) in [4.78, 5) is 0. The Bertz CT molecular complexity index is 552. The third kappa shape index (κ3) is 2.68. The molecule has 0 atom stereocenters. The van der Waals surface area contributed by atoms with Gasteiger partial charge in [0, 0.05) is 0 Å². The van der Waals surface area contributed by atoms with Gasteiger partial charge in [0.2, 0.25) is 0 Å². The summed E-state index contributed by atoms with van der Waals surface area (Å²) in [6, 6.07) is 10.7. The van der Waals surface area contributed by atoms with Crippen LogP contribution in [0.4, 0.5) is 0 Å². The molecule has 1 nitrogen and oxygen atoms in total. The fraction of sp³-hybridized carbons (Fsp3) is 0. The van der Waals surface area contributed by atoms with Crippen LogP contribution in [0, 0.1) is 6.92 Å². The third-order valence-electron chi connectivity index (χ3n) is 2.19. The van der Waals surface area contributed by atoms with Gasteiger partial charge in [-0.2, -0.15) is 0 Å². The van der Waals surface area contributed by atoms with Gasteiger partial charge in [-0.1, -0.05) is 53.0 Å². The van der Waals surface area contributed by atoms with E-state index in [4.69, 9.17) is 39.5 Å². The van der Waals surface area contributed by atoms with Crippen molar-refractivity contribution in [2.75, 3.05) is 0 Å². The Morgan fingerprint density at radius 1 is 0.824 bits per heavy atom. The van der Waals surface area contributed by atoms with E-state index >= 15 is 0 Å².